The van der Waals surface area contributed by atoms with E-state index in [4.69, 9.17) is 0 Å². The van der Waals surface area contributed by atoms with Gasteiger partial charge in [-0.25, -0.2) is 33.7 Å². The number of nitrogens with zero attached hydrogens (tertiary/aromatic N) is 10. The van der Waals surface area contributed by atoms with Crippen LogP contribution in [0.5, 0.6) is 0 Å². The lowest BCUT2D eigenvalue weighted by molar-refractivity contribution is -0.118. The molecule has 0 fully saturated rings. The summed E-state index contributed by atoms with van der Waals surface area (Å²) >= 11 is 0. The molecule has 3 aliphatic heterocycles. The Morgan fingerprint density at radius 2 is 0.912 bits per heavy atom. The van der Waals surface area contributed by atoms with Crippen LogP contribution in [0.25, 0.3) is 0 Å². The fraction of sp³-hybridized carbons (Fsp3) is 0.582. The molecule has 3 aromatic rings. The Morgan fingerprint density at radius 3 is 1.34 bits per heavy atom. The molecule has 444 valence electrons. The summed E-state index contributed by atoms with van der Waals surface area (Å²) in [5, 5.41) is 17.7. The number of aromatic amines is 3. The first-order valence-corrected chi connectivity index (χ1v) is 25.7. The van der Waals surface area contributed by atoms with E-state index in [-0.39, 0.29) is 56.8 Å². The number of carbonyl (C=O) groups excluding carboxylic acids is 3. The summed E-state index contributed by atoms with van der Waals surface area (Å²) in [4.78, 5) is 119. The van der Waals surface area contributed by atoms with Crippen molar-refractivity contribution < 1.29 is 14.4 Å². The number of H-pyrrole nitrogens is 3. The van der Waals surface area contributed by atoms with Gasteiger partial charge in [-0.05, 0) is 180 Å². The number of hydrogen-bond donors (Lipinski definition) is 6. The molecular weight excluding hydrogens is 1030 g/mol. The van der Waals surface area contributed by atoms with Crippen LogP contribution in [0.1, 0.15) is 175 Å². The van der Waals surface area contributed by atoms with E-state index in [2.05, 4.69) is 91.6 Å². The number of amidine groups is 1. The first-order valence-electron chi connectivity index (χ1n) is 25.7. The molecule has 25 heteroatoms. The number of allylic oxidation sites excluding steroid dienone is 1. The molecular formula is C55H90N16O9. The third-order valence-electron chi connectivity index (χ3n) is 11.5. The Bertz CT molecular complexity index is 3330. The van der Waals surface area contributed by atoms with Gasteiger partial charge in [0.2, 0.25) is 0 Å². The Morgan fingerprint density at radius 1 is 0.463 bits per heavy atom. The number of rotatable bonds is 0. The maximum absolute atomic E-state index is 11.6. The number of aromatic nitrogens is 8. The number of urea groups is 1. The molecule has 3 aliphatic rings. The minimum Gasteiger partial charge on any atom is -0.327 e. The van der Waals surface area contributed by atoms with Gasteiger partial charge in [0.1, 0.15) is 40.5 Å². The van der Waals surface area contributed by atoms with Crippen molar-refractivity contribution in [3.05, 3.63) is 134 Å². The van der Waals surface area contributed by atoms with Crippen LogP contribution < -0.4 is 49.8 Å². The van der Waals surface area contributed by atoms with Gasteiger partial charge >= 0.3 is 28.8 Å². The molecule has 6 rings (SSSR count). The van der Waals surface area contributed by atoms with Crippen molar-refractivity contribution in [3.63, 3.8) is 0 Å². The zero-order valence-electron chi connectivity index (χ0n) is 52.3. The summed E-state index contributed by atoms with van der Waals surface area (Å²) in [5.41, 5.74) is -0.137. The highest BCUT2D eigenvalue weighted by Crippen LogP contribution is 2.28. The second-order valence-electron chi connectivity index (χ2n) is 25.0. The monoisotopic (exact) mass is 1120 g/mol. The fourth-order valence-electron chi connectivity index (χ4n) is 8.08. The van der Waals surface area contributed by atoms with E-state index in [0.29, 0.717) is 46.1 Å². The third-order valence-corrected chi connectivity index (χ3v) is 11.5. The molecule has 0 unspecified atom stereocenters. The van der Waals surface area contributed by atoms with E-state index in [1.54, 1.807) is 51.1 Å². The molecule has 25 nitrogen and oxygen atoms in total. The summed E-state index contributed by atoms with van der Waals surface area (Å²) in [6.45, 7) is 60.7. The van der Waals surface area contributed by atoms with Gasteiger partial charge in [-0.15, -0.1) is 0 Å². The second kappa shape index (κ2) is 25.9. The molecule has 0 aromatic carbocycles. The van der Waals surface area contributed by atoms with E-state index in [1.165, 1.54) is 9.25 Å². The summed E-state index contributed by atoms with van der Waals surface area (Å²) in [6, 6.07) is -0.344. The number of aliphatic imine (C=N–C) groups is 1. The first-order chi connectivity index (χ1) is 35.8. The predicted octanol–water partition coefficient (Wildman–Crippen LogP) is 5.64. The molecule has 0 bridgehead atoms. The third kappa shape index (κ3) is 19.1. The maximum Gasteiger partial charge on any atom is 0.350 e. The average Bonchev–Trinajstić information content (AvgIpc) is 3.22. The van der Waals surface area contributed by atoms with Crippen molar-refractivity contribution in [2.75, 3.05) is 0 Å². The van der Waals surface area contributed by atoms with Crippen molar-refractivity contribution in [1.82, 2.24) is 69.6 Å². The number of carbonyl (C=O) groups is 3. The van der Waals surface area contributed by atoms with E-state index in [1.807, 2.05) is 128 Å². The van der Waals surface area contributed by atoms with Gasteiger partial charge in [0, 0.05) is 44.7 Å². The minimum atomic E-state index is -0.594. The van der Waals surface area contributed by atoms with Gasteiger partial charge in [0.25, 0.3) is 22.9 Å². The lowest BCUT2D eigenvalue weighted by Crippen LogP contribution is -2.51. The zero-order chi connectivity index (χ0) is 63.1. The SMILES string of the molecule is C=C1NC(=O)C(C)=C(C)N1C(C)(C)C.C=C1NC(=O)C(C)=NN1C(C)(C)C.C=C1NC(=O)N=C(C)N1C(C)(C)C.Cc1c(C)n(C(C)(C)C)c(=O)[nH]c1=O.Cc1nc(=O)[nH]c(=O)n1C(C)(C)C.Cc1nn(C(C)(C)C)c(=O)[nH]c1=O. The van der Waals surface area contributed by atoms with Crippen LogP contribution in [0.4, 0.5) is 4.79 Å². The molecule has 0 saturated heterocycles. The number of amides is 4. The molecule has 4 amide bonds. The molecule has 80 heavy (non-hydrogen) atoms. The van der Waals surface area contributed by atoms with Crippen molar-refractivity contribution in [2.45, 2.75) is 213 Å². The Hall–Kier alpha value is -7.99. The normalized spacial score (nSPS) is 15.2. The quantitative estimate of drug-likeness (QED) is 0.159. The molecule has 6 heterocycles. The topological polar surface area (TPSA) is 312 Å². The minimum absolute atomic E-state index is 0.0481. The van der Waals surface area contributed by atoms with Crippen LogP contribution in [0.3, 0.4) is 0 Å². The van der Waals surface area contributed by atoms with Crippen molar-refractivity contribution in [1.29, 1.82) is 0 Å². The average molecular weight is 1120 g/mol. The first kappa shape index (κ1) is 70.0. The van der Waals surface area contributed by atoms with Gasteiger partial charge < -0.3 is 20.4 Å². The van der Waals surface area contributed by atoms with E-state index in [9.17, 15) is 43.2 Å². The molecule has 0 atom stereocenters. The predicted molar refractivity (Wildman–Crippen MR) is 315 cm³/mol. The Labute approximate surface area is 469 Å². The highest BCUT2D eigenvalue weighted by molar-refractivity contribution is 6.38. The van der Waals surface area contributed by atoms with Gasteiger partial charge in [0.05, 0.1) is 11.1 Å². The molecule has 0 saturated carbocycles. The summed E-state index contributed by atoms with van der Waals surface area (Å²) in [6.07, 6.45) is 0. The summed E-state index contributed by atoms with van der Waals surface area (Å²) < 4.78 is 4.32. The zero-order valence-corrected chi connectivity index (χ0v) is 52.3. The lowest BCUT2D eigenvalue weighted by atomic mass is 10.0. The fourth-order valence-corrected chi connectivity index (χ4v) is 8.08. The van der Waals surface area contributed by atoms with Crippen LogP contribution >= 0.6 is 0 Å². The number of hydrogen-bond acceptors (Lipinski definition) is 15. The highest BCUT2D eigenvalue weighted by Gasteiger charge is 2.32. The lowest BCUT2D eigenvalue weighted by Gasteiger charge is -2.42. The molecule has 6 N–H and O–H groups in total. The molecule has 0 aliphatic carbocycles. The van der Waals surface area contributed by atoms with E-state index in [0.717, 1.165) is 17.0 Å². The van der Waals surface area contributed by atoms with Crippen molar-refractivity contribution in [3.8, 4) is 0 Å². The van der Waals surface area contributed by atoms with Crippen LogP contribution in [0.15, 0.2) is 87.3 Å². The molecule has 0 spiro atoms. The molecule has 0 radical (unpaired) electrons. The molecule has 3 aromatic heterocycles. The van der Waals surface area contributed by atoms with Crippen molar-refractivity contribution >= 4 is 29.4 Å². The van der Waals surface area contributed by atoms with Crippen LogP contribution in [0, 0.1) is 27.7 Å². The van der Waals surface area contributed by atoms with Gasteiger partial charge in [-0.2, -0.15) is 20.2 Å². The Kier molecular flexibility index (Phi) is 22.6. The van der Waals surface area contributed by atoms with E-state index >= 15 is 0 Å². The number of aryl methyl sites for hydroxylation is 2. The van der Waals surface area contributed by atoms with Crippen molar-refractivity contribution in [2.24, 2.45) is 10.1 Å². The summed E-state index contributed by atoms with van der Waals surface area (Å²) in [7, 11) is 0. The number of hydrazone groups is 1. The van der Waals surface area contributed by atoms with Gasteiger partial charge in [-0.3, -0.25) is 48.6 Å². The largest absolute Gasteiger partial charge is 0.350 e. The Balaban J connectivity index is 0.000000480. The summed E-state index contributed by atoms with van der Waals surface area (Å²) in [5.74, 6) is 2.67. The van der Waals surface area contributed by atoms with Crippen LogP contribution in [-0.2, 0) is 26.2 Å². The maximum atomic E-state index is 11.6. The smallest absolute Gasteiger partial charge is 0.327 e. The van der Waals surface area contributed by atoms with Crippen LogP contribution in [-0.4, -0.2) is 99.7 Å². The number of nitrogens with one attached hydrogen (secondary N) is 6. The van der Waals surface area contributed by atoms with Gasteiger partial charge in [0.15, 0.2) is 0 Å². The van der Waals surface area contributed by atoms with Gasteiger partial charge in [-0.1, -0.05) is 19.7 Å². The van der Waals surface area contributed by atoms with Crippen LogP contribution in [0.2, 0.25) is 0 Å². The highest BCUT2D eigenvalue weighted by atomic mass is 16.2. The van der Waals surface area contributed by atoms with E-state index < -0.39 is 28.2 Å². The standard InChI is InChI=1S/C11H18N2O.C10H16N2O2.2C9H15N3O.2C8H13N3O2/c1-7-8(2)13(11(4,5)6)9(3)12-10(7)14;1-6-7(2)12(10(3,4)5)9(14)11-8(6)13;1-6-10-8(13)11-7(2)12(6)9(3,4)5;1-6-8(13)10-7(2)12(11-6)9(3,4)5;1-5-9-6(12)10-7(13)11(5)8(2,3)4;1-5-6(12)9-7(13)11(10-5)8(2,3)4/h3H2,1-2,4-6H3,(H,12,14);1-5H3,(H,11,13,14);1H2,2-5H3,(H,10,13);2H2,1,3-5H3,(H,10,13);1-4H3,(H,10,12,13);1-4H3,(H,9,12,13). The second-order valence-corrected chi connectivity index (χ2v) is 25.0.